The first-order chi connectivity index (χ1) is 15.4. The van der Waals surface area contributed by atoms with Crippen LogP contribution in [0.1, 0.15) is 40.7 Å². The number of aromatic nitrogens is 3. The van der Waals surface area contributed by atoms with Crippen LogP contribution in [0.3, 0.4) is 0 Å². The second-order valence-electron chi connectivity index (χ2n) is 7.46. The van der Waals surface area contributed by atoms with Crippen molar-refractivity contribution in [2.45, 2.75) is 19.9 Å². The number of fused-ring (bicyclic) bond motifs is 1. The molecule has 0 saturated carbocycles. The van der Waals surface area contributed by atoms with Gasteiger partial charge in [0, 0.05) is 34.7 Å². The molecular formula is C24H21N5O3. The minimum Gasteiger partial charge on any atom is -0.322 e. The van der Waals surface area contributed by atoms with Gasteiger partial charge in [-0.15, -0.1) is 0 Å². The summed E-state index contributed by atoms with van der Waals surface area (Å²) < 4.78 is 1.31. The number of carbonyl (C=O) groups is 2. The van der Waals surface area contributed by atoms with E-state index in [4.69, 9.17) is 0 Å². The Bertz CT molecular complexity index is 1360. The Morgan fingerprint density at radius 2 is 1.47 bits per heavy atom. The molecule has 0 aliphatic carbocycles. The van der Waals surface area contributed by atoms with E-state index >= 15 is 0 Å². The van der Waals surface area contributed by atoms with Crippen LogP contribution in [0, 0.1) is 0 Å². The maximum atomic E-state index is 13.1. The van der Waals surface area contributed by atoms with E-state index in [-0.39, 0.29) is 23.2 Å². The van der Waals surface area contributed by atoms with Crippen LogP contribution in [0.25, 0.3) is 10.8 Å². The molecule has 0 aliphatic heterocycles. The third kappa shape index (κ3) is 4.24. The largest absolute Gasteiger partial charge is 0.322 e. The second kappa shape index (κ2) is 8.81. The first kappa shape index (κ1) is 20.9. The molecule has 160 valence electrons. The number of hydrogen-bond acceptors (Lipinski definition) is 5. The number of anilines is 2. The molecule has 8 heteroatoms. The van der Waals surface area contributed by atoms with Gasteiger partial charge in [0.2, 0.25) is 0 Å². The van der Waals surface area contributed by atoms with Crippen molar-refractivity contribution >= 4 is 34.0 Å². The number of hydrogen-bond donors (Lipinski definition) is 2. The molecule has 0 bridgehead atoms. The van der Waals surface area contributed by atoms with Crippen molar-refractivity contribution in [1.82, 2.24) is 14.8 Å². The number of benzene rings is 2. The lowest BCUT2D eigenvalue weighted by Crippen LogP contribution is -2.28. The average Bonchev–Trinajstić information content (AvgIpc) is 2.80. The summed E-state index contributed by atoms with van der Waals surface area (Å²) in [6, 6.07) is 16.7. The van der Waals surface area contributed by atoms with Gasteiger partial charge in [-0.2, -0.15) is 5.10 Å². The van der Waals surface area contributed by atoms with Crippen molar-refractivity contribution in [3.8, 4) is 0 Å². The number of carbonyl (C=O) groups excluding carboxylic acids is 2. The zero-order valence-corrected chi connectivity index (χ0v) is 17.6. The van der Waals surface area contributed by atoms with E-state index in [2.05, 4.69) is 20.7 Å². The predicted octanol–water partition coefficient (Wildman–Crippen LogP) is 3.88. The van der Waals surface area contributed by atoms with Gasteiger partial charge in [0.25, 0.3) is 17.4 Å². The summed E-state index contributed by atoms with van der Waals surface area (Å²) in [5.74, 6) is -0.735. The van der Waals surface area contributed by atoms with Gasteiger partial charge in [-0.25, -0.2) is 4.68 Å². The lowest BCUT2D eigenvalue weighted by atomic mass is 10.1. The number of pyridine rings is 1. The normalized spacial score (nSPS) is 10.8. The molecule has 4 aromatic rings. The molecule has 0 saturated heterocycles. The highest BCUT2D eigenvalue weighted by Gasteiger charge is 2.18. The van der Waals surface area contributed by atoms with Crippen LogP contribution in [0.5, 0.6) is 0 Å². The van der Waals surface area contributed by atoms with Gasteiger partial charge >= 0.3 is 0 Å². The Morgan fingerprint density at radius 1 is 0.844 bits per heavy atom. The highest BCUT2D eigenvalue weighted by molar-refractivity contribution is 6.11. The van der Waals surface area contributed by atoms with Gasteiger partial charge in [0.1, 0.15) is 0 Å². The second-order valence-corrected chi connectivity index (χ2v) is 7.46. The first-order valence-corrected chi connectivity index (χ1v) is 10.1. The van der Waals surface area contributed by atoms with Crippen LogP contribution in [0.15, 0.2) is 77.9 Å². The summed E-state index contributed by atoms with van der Waals surface area (Å²) in [6.07, 6.45) is 3.08. The van der Waals surface area contributed by atoms with Crippen molar-refractivity contribution in [1.29, 1.82) is 0 Å². The summed E-state index contributed by atoms with van der Waals surface area (Å²) in [7, 11) is 0. The zero-order chi connectivity index (χ0) is 22.7. The zero-order valence-electron chi connectivity index (χ0n) is 17.6. The SMILES string of the molecule is CC(C)n1nc(C(=O)Nc2cccc(NC(=O)c3ccncc3)c2)c2ccccc2c1=O. The highest BCUT2D eigenvalue weighted by Crippen LogP contribution is 2.19. The molecule has 0 fully saturated rings. The maximum Gasteiger partial charge on any atom is 0.276 e. The molecule has 2 N–H and O–H groups in total. The Balaban J connectivity index is 1.62. The van der Waals surface area contributed by atoms with E-state index in [0.717, 1.165) is 0 Å². The van der Waals surface area contributed by atoms with Gasteiger partial charge < -0.3 is 10.6 Å². The van der Waals surface area contributed by atoms with E-state index < -0.39 is 5.91 Å². The minimum atomic E-state index is -0.451. The monoisotopic (exact) mass is 427 g/mol. The number of amides is 2. The highest BCUT2D eigenvalue weighted by atomic mass is 16.2. The average molecular weight is 427 g/mol. The van der Waals surface area contributed by atoms with Crippen LogP contribution >= 0.6 is 0 Å². The number of nitrogens with zero attached hydrogens (tertiary/aromatic N) is 3. The van der Waals surface area contributed by atoms with Crippen molar-refractivity contribution in [3.05, 3.63) is 94.7 Å². The van der Waals surface area contributed by atoms with Crippen LogP contribution < -0.4 is 16.2 Å². The summed E-state index contributed by atoms with van der Waals surface area (Å²) >= 11 is 0. The van der Waals surface area contributed by atoms with Crippen LogP contribution in [0.2, 0.25) is 0 Å². The summed E-state index contributed by atoms with van der Waals surface area (Å²) in [5.41, 5.74) is 1.39. The smallest absolute Gasteiger partial charge is 0.276 e. The van der Waals surface area contributed by atoms with E-state index in [1.165, 1.54) is 4.68 Å². The fraction of sp³-hybridized carbons (Fsp3) is 0.125. The van der Waals surface area contributed by atoms with Gasteiger partial charge in [-0.3, -0.25) is 19.4 Å². The Labute approximate surface area is 183 Å². The molecule has 2 amide bonds. The molecule has 2 aromatic carbocycles. The maximum absolute atomic E-state index is 13.1. The lowest BCUT2D eigenvalue weighted by molar-refractivity contribution is 0.101. The van der Waals surface area contributed by atoms with Crippen LogP contribution in [-0.4, -0.2) is 26.6 Å². The molecule has 4 rings (SSSR count). The topological polar surface area (TPSA) is 106 Å². The molecule has 0 spiro atoms. The number of rotatable bonds is 5. The van der Waals surface area contributed by atoms with Crippen molar-refractivity contribution in [2.24, 2.45) is 0 Å². The van der Waals surface area contributed by atoms with Crippen molar-refractivity contribution in [2.75, 3.05) is 10.6 Å². The Morgan fingerprint density at radius 3 is 2.12 bits per heavy atom. The number of nitrogens with one attached hydrogen (secondary N) is 2. The van der Waals surface area contributed by atoms with Crippen molar-refractivity contribution in [3.63, 3.8) is 0 Å². The third-order valence-electron chi connectivity index (χ3n) is 4.85. The standard InChI is InChI=1S/C24H21N5O3/c1-15(2)29-24(32)20-9-4-3-8-19(20)21(28-29)23(31)27-18-7-5-6-17(14-18)26-22(30)16-10-12-25-13-11-16/h3-15H,1-2H3,(H,26,30)(H,27,31). The fourth-order valence-corrected chi connectivity index (χ4v) is 3.30. The molecule has 0 atom stereocenters. The molecule has 0 unspecified atom stereocenters. The summed E-state index contributed by atoms with van der Waals surface area (Å²) in [6.45, 7) is 3.67. The molecule has 2 heterocycles. The van der Waals surface area contributed by atoms with Gasteiger partial charge in [0.05, 0.1) is 11.4 Å². The molecule has 2 aromatic heterocycles. The Kier molecular flexibility index (Phi) is 5.76. The Hall–Kier alpha value is -4.33. The van der Waals surface area contributed by atoms with E-state index in [0.29, 0.717) is 27.7 Å². The van der Waals surface area contributed by atoms with Gasteiger partial charge in [0.15, 0.2) is 5.69 Å². The molecule has 8 nitrogen and oxygen atoms in total. The van der Waals surface area contributed by atoms with Gasteiger partial charge in [-0.1, -0.05) is 24.3 Å². The quantitative estimate of drug-likeness (QED) is 0.503. The first-order valence-electron chi connectivity index (χ1n) is 10.1. The molecule has 32 heavy (non-hydrogen) atoms. The van der Waals surface area contributed by atoms with Crippen LogP contribution in [-0.2, 0) is 0 Å². The van der Waals surface area contributed by atoms with Crippen molar-refractivity contribution < 1.29 is 9.59 Å². The lowest BCUT2D eigenvalue weighted by Gasteiger charge is -2.14. The van der Waals surface area contributed by atoms with E-state index in [1.807, 2.05) is 13.8 Å². The molecular weight excluding hydrogens is 406 g/mol. The third-order valence-corrected chi connectivity index (χ3v) is 4.85. The molecule has 0 aliphatic rings. The van der Waals surface area contributed by atoms with Crippen LogP contribution in [0.4, 0.5) is 11.4 Å². The molecule has 0 radical (unpaired) electrons. The fourth-order valence-electron chi connectivity index (χ4n) is 3.30. The summed E-state index contributed by atoms with van der Waals surface area (Å²) in [4.78, 5) is 42.1. The van der Waals surface area contributed by atoms with E-state index in [9.17, 15) is 14.4 Å². The predicted molar refractivity (Wildman–Crippen MR) is 123 cm³/mol. The van der Waals surface area contributed by atoms with E-state index in [1.54, 1.807) is 73.1 Å². The minimum absolute atomic E-state index is 0.153. The van der Waals surface area contributed by atoms with Gasteiger partial charge in [-0.05, 0) is 50.2 Å². The summed E-state index contributed by atoms with van der Waals surface area (Å²) in [5, 5.41) is 10.8.